The molecule has 1 N–H and O–H groups in total. The standard InChI is InChI=1S/C15H14F3NO/c16-15(17,18)13-4-2-1-3-11(13)12-7-8-20-14(12)9-19-10-5-6-10/h1-4,7-8,10,19H,5-6,9H2. The fraction of sp³-hybridized carbons (Fsp3) is 0.333. The third-order valence-electron chi connectivity index (χ3n) is 3.40. The highest BCUT2D eigenvalue weighted by atomic mass is 19.4. The van der Waals surface area contributed by atoms with Crippen LogP contribution >= 0.6 is 0 Å². The zero-order valence-electron chi connectivity index (χ0n) is 10.7. The largest absolute Gasteiger partial charge is 0.467 e. The predicted molar refractivity (Wildman–Crippen MR) is 69.0 cm³/mol. The molecule has 0 saturated heterocycles. The number of alkyl halides is 3. The second-order valence-corrected chi connectivity index (χ2v) is 4.96. The highest BCUT2D eigenvalue weighted by molar-refractivity contribution is 5.69. The maximum Gasteiger partial charge on any atom is 0.417 e. The van der Waals surface area contributed by atoms with Gasteiger partial charge in [-0.1, -0.05) is 18.2 Å². The van der Waals surface area contributed by atoms with Crippen LogP contribution in [-0.2, 0) is 12.7 Å². The van der Waals surface area contributed by atoms with Crippen LogP contribution in [0, 0.1) is 0 Å². The van der Waals surface area contributed by atoms with E-state index in [2.05, 4.69) is 5.32 Å². The SMILES string of the molecule is FC(F)(F)c1ccccc1-c1ccoc1CNC1CC1. The summed E-state index contributed by atoms with van der Waals surface area (Å²) in [5.41, 5.74) is 0.0430. The summed E-state index contributed by atoms with van der Waals surface area (Å²) in [4.78, 5) is 0. The fourth-order valence-electron chi connectivity index (χ4n) is 2.21. The first kappa shape index (κ1) is 13.2. The lowest BCUT2D eigenvalue weighted by molar-refractivity contribution is -0.137. The minimum absolute atomic E-state index is 0.168. The number of hydrogen-bond donors (Lipinski definition) is 1. The van der Waals surface area contributed by atoms with Gasteiger partial charge in [0.2, 0.25) is 0 Å². The Morgan fingerprint density at radius 1 is 1.10 bits per heavy atom. The van der Waals surface area contributed by atoms with E-state index in [4.69, 9.17) is 4.42 Å². The van der Waals surface area contributed by atoms with Crippen LogP contribution in [0.2, 0.25) is 0 Å². The van der Waals surface area contributed by atoms with Crippen molar-refractivity contribution in [3.05, 3.63) is 47.9 Å². The van der Waals surface area contributed by atoms with Crippen LogP contribution in [-0.4, -0.2) is 6.04 Å². The van der Waals surface area contributed by atoms with Gasteiger partial charge >= 0.3 is 6.18 Å². The molecule has 0 atom stereocenters. The quantitative estimate of drug-likeness (QED) is 0.907. The van der Waals surface area contributed by atoms with Gasteiger partial charge in [0.1, 0.15) is 5.76 Å². The number of rotatable bonds is 4. The highest BCUT2D eigenvalue weighted by Crippen LogP contribution is 2.38. The van der Waals surface area contributed by atoms with Crippen molar-refractivity contribution in [2.75, 3.05) is 0 Å². The number of furan rings is 1. The molecule has 5 heteroatoms. The summed E-state index contributed by atoms with van der Waals surface area (Å²) in [6, 6.07) is 7.65. The zero-order valence-corrected chi connectivity index (χ0v) is 10.7. The molecule has 2 nitrogen and oxygen atoms in total. The Hall–Kier alpha value is -1.75. The van der Waals surface area contributed by atoms with E-state index in [1.807, 2.05) is 0 Å². The van der Waals surface area contributed by atoms with Crippen LogP contribution in [0.1, 0.15) is 24.2 Å². The van der Waals surface area contributed by atoms with E-state index in [0.717, 1.165) is 18.9 Å². The van der Waals surface area contributed by atoms with Crippen molar-refractivity contribution in [1.29, 1.82) is 0 Å². The third kappa shape index (κ3) is 2.72. The first-order valence-corrected chi connectivity index (χ1v) is 6.52. The van der Waals surface area contributed by atoms with Crippen molar-refractivity contribution in [1.82, 2.24) is 5.32 Å². The van der Waals surface area contributed by atoms with Gasteiger partial charge in [-0.05, 0) is 30.5 Å². The van der Waals surface area contributed by atoms with Crippen molar-refractivity contribution in [3.8, 4) is 11.1 Å². The van der Waals surface area contributed by atoms with Crippen LogP contribution in [0.25, 0.3) is 11.1 Å². The first-order valence-electron chi connectivity index (χ1n) is 6.52. The molecule has 0 bridgehead atoms. The topological polar surface area (TPSA) is 25.2 Å². The molecule has 1 heterocycles. The summed E-state index contributed by atoms with van der Waals surface area (Å²) < 4.78 is 44.5. The Kier molecular flexibility index (Phi) is 3.30. The van der Waals surface area contributed by atoms with Gasteiger partial charge in [-0.2, -0.15) is 13.2 Å². The van der Waals surface area contributed by atoms with Crippen molar-refractivity contribution < 1.29 is 17.6 Å². The van der Waals surface area contributed by atoms with E-state index >= 15 is 0 Å². The minimum Gasteiger partial charge on any atom is -0.467 e. The summed E-state index contributed by atoms with van der Waals surface area (Å²) in [5, 5.41) is 3.25. The number of hydrogen-bond acceptors (Lipinski definition) is 2. The number of benzene rings is 1. The molecule has 1 aromatic carbocycles. The van der Waals surface area contributed by atoms with Crippen molar-refractivity contribution >= 4 is 0 Å². The number of halogens is 3. The fourth-order valence-corrected chi connectivity index (χ4v) is 2.21. The summed E-state index contributed by atoms with van der Waals surface area (Å²) in [6.07, 6.45) is -0.689. The van der Waals surface area contributed by atoms with E-state index in [9.17, 15) is 13.2 Å². The second kappa shape index (κ2) is 4.98. The molecule has 0 aliphatic heterocycles. The van der Waals surface area contributed by atoms with Gasteiger partial charge < -0.3 is 9.73 Å². The monoisotopic (exact) mass is 281 g/mol. The van der Waals surface area contributed by atoms with Crippen LogP contribution in [0.15, 0.2) is 41.0 Å². The summed E-state index contributed by atoms with van der Waals surface area (Å²) >= 11 is 0. The maximum atomic E-state index is 13.0. The lowest BCUT2D eigenvalue weighted by atomic mass is 9.99. The molecule has 1 aliphatic rings. The lowest BCUT2D eigenvalue weighted by Gasteiger charge is -2.12. The molecular weight excluding hydrogens is 267 g/mol. The van der Waals surface area contributed by atoms with Crippen LogP contribution in [0.3, 0.4) is 0 Å². The molecule has 20 heavy (non-hydrogen) atoms. The lowest BCUT2D eigenvalue weighted by Crippen LogP contribution is -2.15. The van der Waals surface area contributed by atoms with Gasteiger partial charge in [0.25, 0.3) is 0 Å². The predicted octanol–water partition coefficient (Wildman–Crippen LogP) is 4.22. The molecule has 0 unspecified atom stereocenters. The Bertz CT molecular complexity index is 599. The Morgan fingerprint density at radius 2 is 1.85 bits per heavy atom. The average molecular weight is 281 g/mol. The first-order chi connectivity index (χ1) is 9.55. The Labute approximate surface area is 114 Å². The van der Waals surface area contributed by atoms with Crippen molar-refractivity contribution in [3.63, 3.8) is 0 Å². The summed E-state index contributed by atoms with van der Waals surface area (Å²) in [7, 11) is 0. The van der Waals surface area contributed by atoms with E-state index in [-0.39, 0.29) is 5.56 Å². The van der Waals surface area contributed by atoms with Gasteiger partial charge in [0, 0.05) is 11.6 Å². The summed E-state index contributed by atoms with van der Waals surface area (Å²) in [6.45, 7) is 0.458. The molecule has 1 aromatic heterocycles. The van der Waals surface area contributed by atoms with Gasteiger partial charge in [-0.15, -0.1) is 0 Å². The van der Waals surface area contributed by atoms with E-state index in [0.29, 0.717) is 23.9 Å². The highest BCUT2D eigenvalue weighted by Gasteiger charge is 2.34. The molecule has 1 fully saturated rings. The van der Waals surface area contributed by atoms with E-state index in [1.54, 1.807) is 12.1 Å². The maximum absolute atomic E-state index is 13.0. The van der Waals surface area contributed by atoms with Crippen LogP contribution < -0.4 is 5.32 Å². The van der Waals surface area contributed by atoms with Gasteiger partial charge in [0.15, 0.2) is 0 Å². The second-order valence-electron chi connectivity index (χ2n) is 4.96. The van der Waals surface area contributed by atoms with E-state index in [1.165, 1.54) is 18.4 Å². The summed E-state index contributed by atoms with van der Waals surface area (Å²) in [5.74, 6) is 0.550. The normalized spacial score (nSPS) is 15.6. The minimum atomic E-state index is -4.37. The smallest absolute Gasteiger partial charge is 0.417 e. The molecule has 0 radical (unpaired) electrons. The molecule has 106 valence electrons. The van der Waals surface area contributed by atoms with Crippen molar-refractivity contribution in [2.24, 2.45) is 0 Å². The third-order valence-corrected chi connectivity index (χ3v) is 3.40. The zero-order chi connectivity index (χ0) is 14.2. The molecule has 1 aliphatic carbocycles. The molecule has 2 aromatic rings. The van der Waals surface area contributed by atoms with Crippen LogP contribution in [0.5, 0.6) is 0 Å². The van der Waals surface area contributed by atoms with Crippen LogP contribution in [0.4, 0.5) is 13.2 Å². The van der Waals surface area contributed by atoms with Gasteiger partial charge in [-0.25, -0.2) is 0 Å². The van der Waals surface area contributed by atoms with E-state index < -0.39 is 11.7 Å². The Morgan fingerprint density at radius 3 is 2.55 bits per heavy atom. The average Bonchev–Trinajstić information content (AvgIpc) is 3.12. The van der Waals surface area contributed by atoms with Crippen molar-refractivity contribution in [2.45, 2.75) is 31.6 Å². The molecule has 1 saturated carbocycles. The number of nitrogens with one attached hydrogen (secondary N) is 1. The molecule has 0 amide bonds. The molecule has 3 rings (SSSR count). The van der Waals surface area contributed by atoms with Gasteiger partial charge in [0.05, 0.1) is 18.4 Å². The van der Waals surface area contributed by atoms with Gasteiger partial charge in [-0.3, -0.25) is 0 Å². The molecular formula is C15H14F3NO. The Balaban J connectivity index is 1.94. The molecule has 0 spiro atoms.